The zero-order valence-corrected chi connectivity index (χ0v) is 6.49. The van der Waals surface area contributed by atoms with Gasteiger partial charge < -0.3 is 9.14 Å². The largest absolute Gasteiger partial charge is 0.493 e. The molecule has 3 nitrogen and oxygen atoms in total. The van der Waals surface area contributed by atoms with Gasteiger partial charge in [-0.05, 0) is 0 Å². The molecule has 0 spiro atoms. The number of methoxy groups -OCH3 is 1. The summed E-state index contributed by atoms with van der Waals surface area (Å²) in [6.07, 6.45) is 4.62. The number of nitrogens with zero attached hydrogens (tertiary/aromatic N) is 2. The third-order valence-corrected chi connectivity index (χ3v) is 1.67. The summed E-state index contributed by atoms with van der Waals surface area (Å²) >= 11 is 0. The number of pyridine rings is 1. The average Bonchev–Trinajstić information content (AvgIpc) is 2.49. The smallest absolute Gasteiger partial charge is 0.181 e. The van der Waals surface area contributed by atoms with Crippen LogP contribution in [0, 0.1) is 5.82 Å². The number of imidazole rings is 1. The van der Waals surface area contributed by atoms with Gasteiger partial charge in [0.1, 0.15) is 5.65 Å². The van der Waals surface area contributed by atoms with E-state index in [2.05, 4.69) is 4.98 Å². The summed E-state index contributed by atoms with van der Waals surface area (Å²) in [4.78, 5) is 3.98. The Balaban J connectivity index is 2.73. The zero-order chi connectivity index (χ0) is 8.55. The van der Waals surface area contributed by atoms with E-state index in [0.29, 0.717) is 5.65 Å². The molecule has 0 bridgehead atoms. The predicted octanol–water partition coefficient (Wildman–Crippen LogP) is 1.48. The molecule has 0 aliphatic rings. The third kappa shape index (κ3) is 0.922. The van der Waals surface area contributed by atoms with Crippen LogP contribution >= 0.6 is 0 Å². The maximum absolute atomic E-state index is 13.0. The molecule has 0 unspecified atom stereocenters. The maximum Gasteiger partial charge on any atom is 0.181 e. The van der Waals surface area contributed by atoms with Crippen molar-refractivity contribution in [3.8, 4) is 5.75 Å². The van der Waals surface area contributed by atoms with Gasteiger partial charge in [-0.3, -0.25) is 0 Å². The highest BCUT2D eigenvalue weighted by atomic mass is 19.1. The molecule has 0 saturated heterocycles. The SMILES string of the molecule is COc1cc2nccn2cc1F. The number of aromatic nitrogens is 2. The molecule has 0 aliphatic carbocycles. The summed E-state index contributed by atoms with van der Waals surface area (Å²) in [6.45, 7) is 0. The van der Waals surface area contributed by atoms with Crippen molar-refractivity contribution in [1.29, 1.82) is 0 Å². The van der Waals surface area contributed by atoms with Crippen LogP contribution in [0.1, 0.15) is 0 Å². The Bertz CT molecular complexity index is 410. The molecule has 0 aliphatic heterocycles. The molecule has 62 valence electrons. The predicted molar refractivity (Wildman–Crippen MR) is 41.7 cm³/mol. The second-order valence-electron chi connectivity index (χ2n) is 2.38. The molecule has 12 heavy (non-hydrogen) atoms. The number of rotatable bonds is 1. The van der Waals surface area contributed by atoms with Crippen molar-refractivity contribution in [1.82, 2.24) is 9.38 Å². The summed E-state index contributed by atoms with van der Waals surface area (Å²) in [6, 6.07) is 1.55. The molecule has 0 atom stereocenters. The Morgan fingerprint density at radius 3 is 3.17 bits per heavy atom. The van der Waals surface area contributed by atoms with Crippen LogP contribution in [0.15, 0.2) is 24.7 Å². The quantitative estimate of drug-likeness (QED) is 0.641. The van der Waals surface area contributed by atoms with Crippen LogP contribution in [0.2, 0.25) is 0 Å². The maximum atomic E-state index is 13.0. The van der Waals surface area contributed by atoms with E-state index in [1.807, 2.05) is 0 Å². The molecule has 2 aromatic rings. The van der Waals surface area contributed by atoms with Gasteiger partial charge in [0, 0.05) is 18.5 Å². The van der Waals surface area contributed by atoms with E-state index in [9.17, 15) is 4.39 Å². The van der Waals surface area contributed by atoms with Gasteiger partial charge in [-0.15, -0.1) is 0 Å². The molecule has 2 rings (SSSR count). The van der Waals surface area contributed by atoms with Crippen LogP contribution in [0.4, 0.5) is 4.39 Å². The lowest BCUT2D eigenvalue weighted by molar-refractivity contribution is 0.385. The first-order valence-electron chi connectivity index (χ1n) is 3.47. The molecule has 0 N–H and O–H groups in total. The average molecular weight is 166 g/mol. The lowest BCUT2D eigenvalue weighted by atomic mass is 10.4. The highest BCUT2D eigenvalue weighted by Crippen LogP contribution is 2.17. The Hall–Kier alpha value is -1.58. The molecule has 0 radical (unpaired) electrons. The summed E-state index contributed by atoms with van der Waals surface area (Å²) < 4.78 is 19.4. The van der Waals surface area contributed by atoms with Gasteiger partial charge in [0.05, 0.1) is 13.3 Å². The van der Waals surface area contributed by atoms with Gasteiger partial charge in [-0.25, -0.2) is 9.37 Å². The lowest BCUT2D eigenvalue weighted by Crippen LogP contribution is -1.91. The van der Waals surface area contributed by atoms with Crippen molar-refractivity contribution < 1.29 is 9.13 Å². The van der Waals surface area contributed by atoms with Crippen molar-refractivity contribution in [2.75, 3.05) is 7.11 Å². The van der Waals surface area contributed by atoms with Crippen molar-refractivity contribution in [3.63, 3.8) is 0 Å². The van der Waals surface area contributed by atoms with E-state index in [4.69, 9.17) is 4.74 Å². The standard InChI is InChI=1S/C8H7FN2O/c1-12-7-4-8-10-2-3-11(8)5-6(7)9/h2-5H,1H3. The summed E-state index contributed by atoms with van der Waals surface area (Å²) in [5, 5.41) is 0. The number of hydrogen-bond donors (Lipinski definition) is 0. The van der Waals surface area contributed by atoms with Crippen molar-refractivity contribution >= 4 is 5.65 Å². The number of fused-ring (bicyclic) bond motifs is 1. The second-order valence-corrected chi connectivity index (χ2v) is 2.38. The molecule has 2 aromatic heterocycles. The minimum absolute atomic E-state index is 0.216. The Morgan fingerprint density at radius 1 is 1.58 bits per heavy atom. The summed E-state index contributed by atoms with van der Waals surface area (Å²) in [7, 11) is 1.43. The Morgan fingerprint density at radius 2 is 2.42 bits per heavy atom. The second kappa shape index (κ2) is 2.48. The van der Waals surface area contributed by atoms with E-state index >= 15 is 0 Å². The topological polar surface area (TPSA) is 26.5 Å². The summed E-state index contributed by atoms with van der Waals surface area (Å²) in [5.41, 5.74) is 0.674. The van der Waals surface area contributed by atoms with Gasteiger partial charge in [-0.1, -0.05) is 0 Å². The zero-order valence-electron chi connectivity index (χ0n) is 6.49. The minimum Gasteiger partial charge on any atom is -0.493 e. The highest BCUT2D eigenvalue weighted by molar-refractivity contribution is 5.44. The third-order valence-electron chi connectivity index (χ3n) is 1.67. The van der Waals surface area contributed by atoms with Crippen molar-refractivity contribution in [3.05, 3.63) is 30.5 Å². The van der Waals surface area contributed by atoms with Crippen LogP contribution in [0.25, 0.3) is 5.65 Å². The number of halogens is 1. The van der Waals surface area contributed by atoms with Gasteiger partial charge in [0.25, 0.3) is 0 Å². The molecule has 0 amide bonds. The van der Waals surface area contributed by atoms with E-state index in [1.165, 1.54) is 13.3 Å². The fraction of sp³-hybridized carbons (Fsp3) is 0.125. The first-order chi connectivity index (χ1) is 5.81. The monoisotopic (exact) mass is 166 g/mol. The van der Waals surface area contributed by atoms with Crippen LogP contribution in [-0.2, 0) is 0 Å². The van der Waals surface area contributed by atoms with Crippen molar-refractivity contribution in [2.45, 2.75) is 0 Å². The molecule has 0 aromatic carbocycles. The molecule has 0 fully saturated rings. The van der Waals surface area contributed by atoms with Gasteiger partial charge in [0.15, 0.2) is 11.6 Å². The minimum atomic E-state index is -0.386. The number of ether oxygens (including phenoxy) is 1. The van der Waals surface area contributed by atoms with Gasteiger partial charge >= 0.3 is 0 Å². The van der Waals surface area contributed by atoms with Crippen LogP contribution in [-0.4, -0.2) is 16.5 Å². The fourth-order valence-electron chi connectivity index (χ4n) is 1.07. The first kappa shape index (κ1) is 7.09. The molecule has 2 heterocycles. The van der Waals surface area contributed by atoms with E-state index in [1.54, 1.807) is 22.9 Å². The number of hydrogen-bond acceptors (Lipinski definition) is 2. The summed E-state index contributed by atoms with van der Waals surface area (Å²) in [5.74, 6) is -0.170. The molecule has 4 heteroatoms. The molecule has 0 saturated carbocycles. The molecular formula is C8H7FN2O. The lowest BCUT2D eigenvalue weighted by Gasteiger charge is -2.01. The van der Waals surface area contributed by atoms with Crippen LogP contribution in [0.5, 0.6) is 5.75 Å². The molecular weight excluding hydrogens is 159 g/mol. The van der Waals surface area contributed by atoms with E-state index < -0.39 is 0 Å². The van der Waals surface area contributed by atoms with Gasteiger partial charge in [0.2, 0.25) is 0 Å². The van der Waals surface area contributed by atoms with Gasteiger partial charge in [-0.2, -0.15) is 0 Å². The normalized spacial score (nSPS) is 10.5. The highest BCUT2D eigenvalue weighted by Gasteiger charge is 2.03. The Labute approximate surface area is 68.4 Å². The van der Waals surface area contributed by atoms with Crippen LogP contribution < -0.4 is 4.74 Å². The van der Waals surface area contributed by atoms with Crippen molar-refractivity contribution in [2.24, 2.45) is 0 Å². The van der Waals surface area contributed by atoms with E-state index in [0.717, 1.165) is 0 Å². The fourth-order valence-corrected chi connectivity index (χ4v) is 1.07. The van der Waals surface area contributed by atoms with E-state index in [-0.39, 0.29) is 11.6 Å². The van der Waals surface area contributed by atoms with Crippen LogP contribution in [0.3, 0.4) is 0 Å². The first-order valence-corrected chi connectivity index (χ1v) is 3.47. The Kier molecular flexibility index (Phi) is 1.46.